The number of halogens is 1. The van der Waals surface area contributed by atoms with Gasteiger partial charge < -0.3 is 14.8 Å². The van der Waals surface area contributed by atoms with Crippen LogP contribution < -0.4 is 14.8 Å². The number of nitrogens with zero attached hydrogens (tertiary/aromatic N) is 1. The molecule has 0 spiro atoms. The summed E-state index contributed by atoms with van der Waals surface area (Å²) in [5.74, 6) is 0.631. The molecule has 0 aromatic heterocycles. The molecular formula is C21H25ClN2O5S. The summed E-state index contributed by atoms with van der Waals surface area (Å²) in [5, 5.41) is 3.37. The second-order valence-corrected chi connectivity index (χ2v) is 9.44. The monoisotopic (exact) mass is 452 g/mol. The maximum atomic E-state index is 12.9. The molecule has 9 heteroatoms. The average Bonchev–Trinajstić information content (AvgIpc) is 2.77. The van der Waals surface area contributed by atoms with Crippen molar-refractivity contribution in [3.8, 4) is 11.5 Å². The Labute approximate surface area is 182 Å². The van der Waals surface area contributed by atoms with E-state index >= 15 is 0 Å². The first kappa shape index (κ1) is 22.4. The van der Waals surface area contributed by atoms with Gasteiger partial charge in [0.25, 0.3) is 0 Å². The Morgan fingerprint density at radius 2 is 1.83 bits per heavy atom. The summed E-state index contributed by atoms with van der Waals surface area (Å²) >= 11 is 5.86. The fraction of sp³-hybridized carbons (Fsp3) is 0.381. The maximum absolute atomic E-state index is 12.9. The minimum atomic E-state index is -3.66. The van der Waals surface area contributed by atoms with E-state index in [0.717, 1.165) is 5.56 Å². The molecule has 2 aromatic rings. The van der Waals surface area contributed by atoms with Crippen LogP contribution in [0.1, 0.15) is 18.4 Å². The molecule has 7 nitrogen and oxygen atoms in total. The number of nitrogens with one attached hydrogen (secondary N) is 1. The van der Waals surface area contributed by atoms with E-state index in [2.05, 4.69) is 5.32 Å². The minimum absolute atomic E-state index is 0.155. The van der Waals surface area contributed by atoms with Gasteiger partial charge in [-0.05, 0) is 54.8 Å². The highest BCUT2D eigenvalue weighted by molar-refractivity contribution is 7.89. The molecule has 1 atom stereocenters. The summed E-state index contributed by atoms with van der Waals surface area (Å²) in [7, 11) is -0.550. The van der Waals surface area contributed by atoms with Gasteiger partial charge in [0.1, 0.15) is 0 Å². The summed E-state index contributed by atoms with van der Waals surface area (Å²) in [6, 6.07) is 11.5. The van der Waals surface area contributed by atoms with Crippen LogP contribution >= 0.6 is 11.6 Å². The largest absolute Gasteiger partial charge is 0.493 e. The molecule has 2 aromatic carbocycles. The predicted molar refractivity (Wildman–Crippen MR) is 114 cm³/mol. The number of carbonyl (C=O) groups excluding carboxylic acids is 1. The van der Waals surface area contributed by atoms with Crippen molar-refractivity contribution in [3.05, 3.63) is 53.1 Å². The zero-order valence-electron chi connectivity index (χ0n) is 16.9. The first-order valence-corrected chi connectivity index (χ1v) is 11.4. The van der Waals surface area contributed by atoms with Crippen LogP contribution in [-0.4, -0.2) is 45.9 Å². The van der Waals surface area contributed by atoms with Crippen LogP contribution in [-0.2, 0) is 21.4 Å². The van der Waals surface area contributed by atoms with Gasteiger partial charge in [-0.15, -0.1) is 0 Å². The molecule has 1 saturated heterocycles. The van der Waals surface area contributed by atoms with Crippen LogP contribution in [0.25, 0.3) is 0 Å². The molecule has 1 heterocycles. The summed E-state index contributed by atoms with van der Waals surface area (Å²) in [4.78, 5) is 12.9. The van der Waals surface area contributed by atoms with Crippen LogP contribution in [0.15, 0.2) is 47.4 Å². The van der Waals surface area contributed by atoms with Crippen LogP contribution in [0.3, 0.4) is 0 Å². The van der Waals surface area contributed by atoms with Crippen LogP contribution in [0.4, 0.5) is 0 Å². The standard InChI is InChI=1S/C21H25ClN2O5S/c1-28-19-10-5-15(12-20(19)29-2)13-23-21(25)16-4-3-11-24(14-16)30(26,27)18-8-6-17(22)7-9-18/h5-10,12,16H,3-4,11,13-14H2,1-2H3,(H,23,25)/t16-/m0/s1. The molecule has 1 N–H and O–H groups in total. The van der Waals surface area contributed by atoms with Gasteiger partial charge in [-0.25, -0.2) is 8.42 Å². The highest BCUT2D eigenvalue weighted by atomic mass is 35.5. The van der Waals surface area contributed by atoms with Gasteiger partial charge in [0, 0.05) is 24.7 Å². The number of piperidine rings is 1. The van der Waals surface area contributed by atoms with Gasteiger partial charge in [-0.1, -0.05) is 17.7 Å². The molecule has 0 aliphatic carbocycles. The third-order valence-electron chi connectivity index (χ3n) is 5.12. The third kappa shape index (κ3) is 5.06. The Morgan fingerprint density at radius 1 is 1.13 bits per heavy atom. The van der Waals surface area contributed by atoms with Crippen molar-refractivity contribution in [1.82, 2.24) is 9.62 Å². The van der Waals surface area contributed by atoms with Crippen molar-refractivity contribution in [2.45, 2.75) is 24.3 Å². The van der Waals surface area contributed by atoms with Crippen molar-refractivity contribution in [1.29, 1.82) is 0 Å². The van der Waals surface area contributed by atoms with Crippen molar-refractivity contribution in [3.63, 3.8) is 0 Å². The fourth-order valence-electron chi connectivity index (χ4n) is 3.45. The first-order valence-electron chi connectivity index (χ1n) is 9.59. The molecule has 0 radical (unpaired) electrons. The summed E-state index contributed by atoms with van der Waals surface area (Å²) in [5.41, 5.74) is 0.863. The summed E-state index contributed by atoms with van der Waals surface area (Å²) < 4.78 is 37.7. The second-order valence-electron chi connectivity index (χ2n) is 7.06. The fourth-order valence-corrected chi connectivity index (χ4v) is 5.10. The SMILES string of the molecule is COc1ccc(CNC(=O)[C@H]2CCCN(S(=O)(=O)c3ccc(Cl)cc3)C2)cc1OC. The number of benzene rings is 2. The Morgan fingerprint density at radius 3 is 2.50 bits per heavy atom. The molecule has 1 fully saturated rings. The quantitative estimate of drug-likeness (QED) is 0.697. The van der Waals surface area contributed by atoms with Gasteiger partial charge in [-0.2, -0.15) is 4.31 Å². The smallest absolute Gasteiger partial charge is 0.243 e. The second kappa shape index (κ2) is 9.68. The Kier molecular flexibility index (Phi) is 7.23. The molecule has 1 aliphatic rings. The normalized spacial score (nSPS) is 17.4. The van der Waals surface area contributed by atoms with E-state index < -0.39 is 15.9 Å². The van der Waals surface area contributed by atoms with Crippen LogP contribution in [0.5, 0.6) is 11.5 Å². The molecule has 30 heavy (non-hydrogen) atoms. The van der Waals surface area contributed by atoms with Gasteiger partial charge in [0.2, 0.25) is 15.9 Å². The Bertz CT molecular complexity index is 995. The number of sulfonamides is 1. The van der Waals surface area contributed by atoms with Gasteiger partial charge in [-0.3, -0.25) is 4.79 Å². The van der Waals surface area contributed by atoms with E-state index in [1.54, 1.807) is 38.5 Å². The third-order valence-corrected chi connectivity index (χ3v) is 7.25. The van der Waals surface area contributed by atoms with Crippen molar-refractivity contribution >= 4 is 27.5 Å². The van der Waals surface area contributed by atoms with Gasteiger partial charge >= 0.3 is 0 Å². The van der Waals surface area contributed by atoms with Gasteiger partial charge in [0.05, 0.1) is 25.0 Å². The number of carbonyl (C=O) groups is 1. The van der Waals surface area contributed by atoms with Crippen molar-refractivity contribution < 1.29 is 22.7 Å². The number of hydrogen-bond donors (Lipinski definition) is 1. The van der Waals surface area contributed by atoms with E-state index in [1.165, 1.54) is 16.4 Å². The zero-order chi connectivity index (χ0) is 21.7. The highest BCUT2D eigenvalue weighted by Crippen LogP contribution is 2.28. The number of amides is 1. The molecule has 1 amide bonds. The number of rotatable bonds is 7. The topological polar surface area (TPSA) is 84.9 Å². The number of hydrogen-bond acceptors (Lipinski definition) is 5. The Hall–Kier alpha value is -2.29. The van der Waals surface area contributed by atoms with E-state index in [9.17, 15) is 13.2 Å². The molecule has 162 valence electrons. The van der Waals surface area contributed by atoms with E-state index in [0.29, 0.717) is 42.5 Å². The van der Waals surface area contributed by atoms with E-state index in [-0.39, 0.29) is 17.3 Å². The van der Waals surface area contributed by atoms with E-state index in [4.69, 9.17) is 21.1 Å². The minimum Gasteiger partial charge on any atom is -0.493 e. The number of methoxy groups -OCH3 is 2. The van der Waals surface area contributed by atoms with Crippen molar-refractivity contribution in [2.75, 3.05) is 27.3 Å². The predicted octanol–water partition coefficient (Wildman–Crippen LogP) is 3.07. The lowest BCUT2D eigenvalue weighted by Gasteiger charge is -2.31. The highest BCUT2D eigenvalue weighted by Gasteiger charge is 2.33. The van der Waals surface area contributed by atoms with Crippen molar-refractivity contribution in [2.24, 2.45) is 5.92 Å². The molecule has 0 bridgehead atoms. The number of ether oxygens (including phenoxy) is 2. The maximum Gasteiger partial charge on any atom is 0.243 e. The summed E-state index contributed by atoms with van der Waals surface area (Å²) in [6.07, 6.45) is 1.27. The molecule has 3 rings (SSSR count). The molecule has 1 aliphatic heterocycles. The molecule has 0 unspecified atom stereocenters. The lowest BCUT2D eigenvalue weighted by atomic mass is 9.98. The first-order chi connectivity index (χ1) is 14.3. The van der Waals surface area contributed by atoms with Gasteiger partial charge in [0.15, 0.2) is 11.5 Å². The van der Waals surface area contributed by atoms with Crippen LogP contribution in [0, 0.1) is 5.92 Å². The van der Waals surface area contributed by atoms with E-state index in [1.807, 2.05) is 6.07 Å². The lowest BCUT2D eigenvalue weighted by molar-refractivity contribution is -0.126. The average molecular weight is 453 g/mol. The lowest BCUT2D eigenvalue weighted by Crippen LogP contribution is -2.45. The Balaban J connectivity index is 1.64. The zero-order valence-corrected chi connectivity index (χ0v) is 18.5. The molecular weight excluding hydrogens is 428 g/mol. The summed E-state index contributed by atoms with van der Waals surface area (Å²) in [6.45, 7) is 0.868. The molecule has 0 saturated carbocycles. The van der Waals surface area contributed by atoms with Crippen LogP contribution in [0.2, 0.25) is 5.02 Å².